The Labute approximate surface area is 182 Å². The second kappa shape index (κ2) is 17.5. The van der Waals surface area contributed by atoms with Crippen LogP contribution in [0.3, 0.4) is 0 Å². The molecular weight excluding hydrogens is 384 g/mol. The predicted octanol–water partition coefficient (Wildman–Crippen LogP) is 8.26. The summed E-state index contributed by atoms with van der Waals surface area (Å²) in [4.78, 5) is 0. The van der Waals surface area contributed by atoms with Gasteiger partial charge in [0, 0.05) is 0 Å². The van der Waals surface area contributed by atoms with Crippen LogP contribution in [0, 0.1) is 5.92 Å². The van der Waals surface area contributed by atoms with E-state index in [1.165, 1.54) is 96.3 Å². The highest BCUT2D eigenvalue weighted by molar-refractivity contribution is 7.80. The van der Waals surface area contributed by atoms with E-state index in [1.807, 2.05) is 13.8 Å². The molecule has 0 saturated carbocycles. The topological polar surface area (TPSA) is 63.6 Å². The number of hydrogen-bond acceptors (Lipinski definition) is 3. The van der Waals surface area contributed by atoms with Gasteiger partial charge >= 0.3 is 10.4 Å². The zero-order valence-corrected chi connectivity index (χ0v) is 20.7. The lowest BCUT2D eigenvalue weighted by molar-refractivity contribution is 0.0202. The van der Waals surface area contributed by atoms with E-state index in [4.69, 9.17) is 8.74 Å². The summed E-state index contributed by atoms with van der Waals surface area (Å²) in [5.74, 6) is 0.0982. The normalized spacial score (nSPS) is 15.3. The minimum atomic E-state index is -4.40. The van der Waals surface area contributed by atoms with E-state index in [0.29, 0.717) is 6.42 Å². The molecule has 0 heterocycles. The summed E-state index contributed by atoms with van der Waals surface area (Å²) in [5, 5.41) is 0. The van der Waals surface area contributed by atoms with Crippen molar-refractivity contribution in [3.63, 3.8) is 0 Å². The fourth-order valence-corrected chi connectivity index (χ4v) is 4.80. The van der Waals surface area contributed by atoms with Crippen molar-refractivity contribution in [1.82, 2.24) is 0 Å². The summed E-state index contributed by atoms with van der Waals surface area (Å²) < 4.78 is 36.1. The minimum Gasteiger partial charge on any atom is -0.264 e. The van der Waals surface area contributed by atoms with Gasteiger partial charge in [0.2, 0.25) is 0 Å². The second-order valence-electron chi connectivity index (χ2n) is 9.17. The van der Waals surface area contributed by atoms with E-state index in [-0.39, 0.29) is 5.92 Å². The molecule has 0 aliphatic rings. The van der Waals surface area contributed by atoms with Crippen LogP contribution < -0.4 is 0 Å². The molecule has 0 radical (unpaired) electrons. The molecule has 2 unspecified atom stereocenters. The van der Waals surface area contributed by atoms with Gasteiger partial charge in [-0.3, -0.25) is 4.55 Å². The average Bonchev–Trinajstić information content (AvgIpc) is 2.66. The van der Waals surface area contributed by atoms with Crippen LogP contribution in [0.15, 0.2) is 0 Å². The van der Waals surface area contributed by atoms with Crippen LogP contribution in [0.25, 0.3) is 0 Å². The molecule has 0 fully saturated rings. The maximum atomic E-state index is 11.1. The van der Waals surface area contributed by atoms with Gasteiger partial charge < -0.3 is 0 Å². The molecule has 29 heavy (non-hydrogen) atoms. The lowest BCUT2D eigenvalue weighted by Gasteiger charge is -2.32. The molecule has 0 rings (SSSR count). The van der Waals surface area contributed by atoms with Gasteiger partial charge in [-0.15, -0.1) is 0 Å². The molecule has 0 amide bonds. The molecule has 0 saturated heterocycles. The number of rotatable bonds is 21. The van der Waals surface area contributed by atoms with Crippen molar-refractivity contribution in [2.75, 3.05) is 0 Å². The van der Waals surface area contributed by atoms with Crippen LogP contribution in [0.4, 0.5) is 0 Å². The van der Waals surface area contributed by atoms with Crippen LogP contribution in [-0.4, -0.2) is 18.6 Å². The molecule has 2 atom stereocenters. The second-order valence-corrected chi connectivity index (χ2v) is 10.2. The van der Waals surface area contributed by atoms with Gasteiger partial charge in [0.25, 0.3) is 0 Å². The standard InChI is InChI=1S/C24H50O4S/c1-5-7-8-9-10-11-12-13-14-15-16-17-18-19-20-21-22-23(3)24(4,6-2)28-29(25,26)27/h23H,5-22H2,1-4H3,(H,25,26,27). The van der Waals surface area contributed by atoms with E-state index in [9.17, 15) is 8.42 Å². The van der Waals surface area contributed by atoms with Crippen molar-refractivity contribution in [1.29, 1.82) is 0 Å². The fraction of sp³-hybridized carbons (Fsp3) is 1.00. The summed E-state index contributed by atoms with van der Waals surface area (Å²) in [6.45, 7) is 7.96. The maximum Gasteiger partial charge on any atom is 0.397 e. The molecule has 0 aromatic rings. The molecule has 4 nitrogen and oxygen atoms in total. The molecular formula is C24H50O4S. The smallest absolute Gasteiger partial charge is 0.264 e. The van der Waals surface area contributed by atoms with E-state index in [0.717, 1.165) is 12.8 Å². The monoisotopic (exact) mass is 434 g/mol. The van der Waals surface area contributed by atoms with Gasteiger partial charge in [-0.25, -0.2) is 4.18 Å². The quantitative estimate of drug-likeness (QED) is 0.146. The van der Waals surface area contributed by atoms with Gasteiger partial charge in [0.05, 0.1) is 5.60 Å². The van der Waals surface area contributed by atoms with Crippen LogP contribution in [0.5, 0.6) is 0 Å². The zero-order valence-electron chi connectivity index (χ0n) is 19.9. The first-order chi connectivity index (χ1) is 13.7. The van der Waals surface area contributed by atoms with Gasteiger partial charge in [0.15, 0.2) is 0 Å². The largest absolute Gasteiger partial charge is 0.397 e. The van der Waals surface area contributed by atoms with Gasteiger partial charge in [-0.05, 0) is 25.7 Å². The Morgan fingerprint density at radius 3 is 1.38 bits per heavy atom. The minimum absolute atomic E-state index is 0.0982. The summed E-state index contributed by atoms with van der Waals surface area (Å²) in [7, 11) is -4.40. The Morgan fingerprint density at radius 1 is 0.724 bits per heavy atom. The Balaban J connectivity index is 3.51. The number of unbranched alkanes of at least 4 members (excludes halogenated alkanes) is 15. The first-order valence-corrected chi connectivity index (χ1v) is 13.8. The Morgan fingerprint density at radius 2 is 1.07 bits per heavy atom. The average molecular weight is 435 g/mol. The lowest BCUT2D eigenvalue weighted by Crippen LogP contribution is -2.37. The van der Waals surface area contributed by atoms with Crippen LogP contribution in [0.1, 0.15) is 143 Å². The SMILES string of the molecule is CCCCCCCCCCCCCCCCCCC(C)C(C)(CC)OS(=O)(=O)O. The number of hydrogen-bond donors (Lipinski definition) is 1. The molecule has 5 heteroatoms. The molecule has 1 N–H and O–H groups in total. The molecule has 0 aliphatic heterocycles. The zero-order chi connectivity index (χ0) is 22.0. The summed E-state index contributed by atoms with van der Waals surface area (Å²) in [5.41, 5.74) is -0.816. The maximum absolute atomic E-state index is 11.1. The third-order valence-corrected chi connectivity index (χ3v) is 7.12. The first-order valence-electron chi connectivity index (χ1n) is 12.4. The summed E-state index contributed by atoms with van der Waals surface area (Å²) >= 11 is 0. The first kappa shape index (κ1) is 28.9. The van der Waals surface area contributed by atoms with Crippen molar-refractivity contribution in [3.8, 4) is 0 Å². The molecule has 0 aromatic carbocycles. The highest BCUT2D eigenvalue weighted by Gasteiger charge is 2.34. The Kier molecular flexibility index (Phi) is 17.5. The van der Waals surface area contributed by atoms with Gasteiger partial charge in [0.1, 0.15) is 0 Å². The van der Waals surface area contributed by atoms with Crippen molar-refractivity contribution >= 4 is 10.4 Å². The fourth-order valence-electron chi connectivity index (χ4n) is 4.03. The van der Waals surface area contributed by atoms with Crippen LogP contribution in [-0.2, 0) is 14.6 Å². The van der Waals surface area contributed by atoms with Crippen LogP contribution in [0.2, 0.25) is 0 Å². The van der Waals surface area contributed by atoms with E-state index in [1.54, 1.807) is 6.92 Å². The van der Waals surface area contributed by atoms with Gasteiger partial charge in [-0.2, -0.15) is 8.42 Å². The van der Waals surface area contributed by atoms with Crippen molar-refractivity contribution < 1.29 is 17.2 Å². The van der Waals surface area contributed by atoms with Crippen molar-refractivity contribution in [2.45, 2.75) is 149 Å². The van der Waals surface area contributed by atoms with E-state index >= 15 is 0 Å². The molecule has 0 spiro atoms. The van der Waals surface area contributed by atoms with Crippen molar-refractivity contribution in [2.24, 2.45) is 5.92 Å². The molecule has 176 valence electrons. The van der Waals surface area contributed by atoms with E-state index in [2.05, 4.69) is 6.92 Å². The molecule has 0 aliphatic carbocycles. The van der Waals surface area contributed by atoms with E-state index < -0.39 is 16.0 Å². The predicted molar refractivity (Wildman–Crippen MR) is 125 cm³/mol. The van der Waals surface area contributed by atoms with Crippen molar-refractivity contribution in [3.05, 3.63) is 0 Å². The highest BCUT2D eigenvalue weighted by Crippen LogP contribution is 2.31. The third kappa shape index (κ3) is 17.3. The van der Waals surface area contributed by atoms with Crippen LogP contribution >= 0.6 is 0 Å². The Hall–Kier alpha value is -0.130. The summed E-state index contributed by atoms with van der Waals surface area (Å²) in [6, 6.07) is 0. The summed E-state index contributed by atoms with van der Waals surface area (Å²) in [6.07, 6.45) is 23.1. The lowest BCUT2D eigenvalue weighted by atomic mass is 9.84. The molecule has 0 bridgehead atoms. The van der Waals surface area contributed by atoms with Gasteiger partial charge in [-0.1, -0.05) is 124 Å². The third-order valence-electron chi connectivity index (χ3n) is 6.53. The Bertz CT molecular complexity index is 464. The highest BCUT2D eigenvalue weighted by atomic mass is 32.3. The molecule has 0 aromatic heterocycles.